The summed E-state index contributed by atoms with van der Waals surface area (Å²) in [4.78, 5) is 50.9. The predicted molar refractivity (Wildman–Crippen MR) is 356 cm³/mol. The summed E-state index contributed by atoms with van der Waals surface area (Å²) in [6.45, 7) is 3.44. The summed E-state index contributed by atoms with van der Waals surface area (Å²) in [6.07, 6.45) is 9.02. The zero-order valence-corrected chi connectivity index (χ0v) is 59.1. The Morgan fingerprint density at radius 1 is 0.368 bits per heavy atom. The van der Waals surface area contributed by atoms with Crippen LogP contribution in [0, 0.1) is 0 Å². The molecule has 0 bridgehead atoms. The van der Waals surface area contributed by atoms with Crippen LogP contribution in [0.4, 0.5) is 0 Å². The summed E-state index contributed by atoms with van der Waals surface area (Å²) in [6, 6.07) is 0. The van der Waals surface area contributed by atoms with E-state index >= 15 is 0 Å². The molecule has 3 fully saturated rings. The molecule has 0 aromatic heterocycles. The monoisotopic (exact) mass is 1390 g/mol. The van der Waals surface area contributed by atoms with Crippen molar-refractivity contribution in [3.8, 4) is 0 Å². The SMILES string of the molecule is CCCCCCCCCCCCCCCCCCCC(=O)OCC1OC(OC2C(O)C(O)C(O)C(OC3OC(CO)C(O)C(O)C3O)C2OP(=O)(O)OCC(COC(=O)CCCCCCCCCCCCCC)OC(=O)CCCCCCCCCCCCC)C(O)C(O)C1O. The molecular formula is C70H131O24P. The molecule has 0 aromatic rings. The second kappa shape index (κ2) is 52.9. The summed E-state index contributed by atoms with van der Waals surface area (Å²) in [7, 11) is -5.69. The lowest BCUT2D eigenvalue weighted by Gasteiger charge is -2.49. The van der Waals surface area contributed by atoms with Crippen molar-refractivity contribution in [2.24, 2.45) is 0 Å². The van der Waals surface area contributed by atoms with Crippen LogP contribution in [0.15, 0.2) is 0 Å². The molecule has 2 heterocycles. The van der Waals surface area contributed by atoms with Crippen LogP contribution in [0.25, 0.3) is 0 Å². The van der Waals surface area contributed by atoms with E-state index in [1.807, 2.05) is 0 Å². The highest BCUT2D eigenvalue weighted by Crippen LogP contribution is 2.49. The van der Waals surface area contributed by atoms with Crippen molar-refractivity contribution in [2.75, 3.05) is 26.4 Å². The van der Waals surface area contributed by atoms with Gasteiger partial charge in [0.15, 0.2) is 18.7 Å². The molecule has 1 aliphatic carbocycles. The summed E-state index contributed by atoms with van der Waals surface area (Å²) >= 11 is 0. The van der Waals surface area contributed by atoms with Crippen molar-refractivity contribution < 1.29 is 117 Å². The summed E-state index contributed by atoms with van der Waals surface area (Å²) in [5.74, 6) is -1.98. The molecule has 0 radical (unpaired) electrons. The minimum absolute atomic E-state index is 0.0341. The number of aliphatic hydroxyl groups is 10. The summed E-state index contributed by atoms with van der Waals surface area (Å²) in [5.41, 5.74) is 0. The van der Waals surface area contributed by atoms with Crippen molar-refractivity contribution in [2.45, 2.75) is 401 Å². The molecule has 2 aliphatic heterocycles. The zero-order valence-electron chi connectivity index (χ0n) is 58.2. The quantitative estimate of drug-likeness (QED) is 0.0117. The first kappa shape index (κ1) is 87.2. The van der Waals surface area contributed by atoms with E-state index in [0.29, 0.717) is 19.3 Å². The summed E-state index contributed by atoms with van der Waals surface area (Å²) < 4.78 is 64.9. The molecule has 3 rings (SSSR count). The number of phosphoric ester groups is 1. The molecule has 2 saturated heterocycles. The molecular weight excluding hydrogens is 1260 g/mol. The van der Waals surface area contributed by atoms with Crippen molar-refractivity contribution >= 4 is 25.7 Å². The molecule has 25 heteroatoms. The fourth-order valence-electron chi connectivity index (χ4n) is 12.5. The first-order valence-corrected chi connectivity index (χ1v) is 38.8. The molecule has 560 valence electrons. The number of carbonyl (C=O) groups is 3. The van der Waals surface area contributed by atoms with Gasteiger partial charge in [0.2, 0.25) is 0 Å². The fourth-order valence-corrected chi connectivity index (χ4v) is 13.5. The molecule has 11 N–H and O–H groups in total. The molecule has 18 atom stereocenters. The first-order chi connectivity index (χ1) is 45.8. The zero-order chi connectivity index (χ0) is 69.6. The number of unbranched alkanes of at least 4 members (excludes halogenated alkanes) is 37. The molecule has 1 saturated carbocycles. The highest BCUT2D eigenvalue weighted by molar-refractivity contribution is 7.47. The first-order valence-electron chi connectivity index (χ1n) is 37.3. The van der Waals surface area contributed by atoms with Gasteiger partial charge in [-0.2, -0.15) is 0 Å². The van der Waals surface area contributed by atoms with Crippen LogP contribution in [0.5, 0.6) is 0 Å². The third kappa shape index (κ3) is 36.4. The Kier molecular flexibility index (Phi) is 48.5. The minimum Gasteiger partial charge on any atom is -0.463 e. The number of esters is 3. The van der Waals surface area contributed by atoms with Crippen molar-refractivity contribution in [3.05, 3.63) is 0 Å². The van der Waals surface area contributed by atoms with Gasteiger partial charge >= 0.3 is 25.7 Å². The molecule has 18 unspecified atom stereocenters. The van der Waals surface area contributed by atoms with E-state index < -0.39 is 156 Å². The Bertz CT molecular complexity index is 1980. The van der Waals surface area contributed by atoms with E-state index in [-0.39, 0.29) is 19.3 Å². The van der Waals surface area contributed by atoms with E-state index in [9.17, 15) is 74.9 Å². The number of hydrogen-bond acceptors (Lipinski definition) is 23. The summed E-state index contributed by atoms with van der Waals surface area (Å²) in [5, 5.41) is 110. The van der Waals surface area contributed by atoms with Gasteiger partial charge in [0.25, 0.3) is 0 Å². The van der Waals surface area contributed by atoms with Gasteiger partial charge < -0.3 is 89.1 Å². The number of phosphoric acid groups is 1. The third-order valence-electron chi connectivity index (χ3n) is 18.6. The maximum absolute atomic E-state index is 14.3. The second-order valence-electron chi connectivity index (χ2n) is 27.0. The molecule has 0 spiro atoms. The number of carbonyl (C=O) groups excluding carboxylic acids is 3. The normalized spacial score (nSPS) is 28.1. The van der Waals surface area contributed by atoms with Gasteiger partial charge in [0.05, 0.1) is 13.2 Å². The second-order valence-corrected chi connectivity index (χ2v) is 28.4. The lowest BCUT2D eigenvalue weighted by atomic mass is 9.84. The Morgan fingerprint density at radius 3 is 1.03 bits per heavy atom. The number of aliphatic hydroxyl groups excluding tert-OH is 10. The van der Waals surface area contributed by atoms with Crippen LogP contribution in [0.1, 0.15) is 297 Å². The fraction of sp³-hybridized carbons (Fsp3) is 0.957. The van der Waals surface area contributed by atoms with Gasteiger partial charge in [-0.05, 0) is 19.3 Å². The van der Waals surface area contributed by atoms with Crippen molar-refractivity contribution in [1.82, 2.24) is 0 Å². The topological polar surface area (TPSA) is 374 Å². The minimum atomic E-state index is -5.69. The molecule has 0 aromatic carbocycles. The van der Waals surface area contributed by atoms with Crippen LogP contribution in [0.2, 0.25) is 0 Å². The van der Waals surface area contributed by atoms with E-state index in [2.05, 4.69) is 20.8 Å². The van der Waals surface area contributed by atoms with Crippen molar-refractivity contribution in [3.63, 3.8) is 0 Å². The van der Waals surface area contributed by atoms with Gasteiger partial charge in [0, 0.05) is 19.3 Å². The lowest BCUT2D eigenvalue weighted by molar-refractivity contribution is -0.360. The third-order valence-corrected chi connectivity index (χ3v) is 19.6. The Balaban J connectivity index is 1.72. The largest absolute Gasteiger partial charge is 0.472 e. The van der Waals surface area contributed by atoms with E-state index in [0.717, 1.165) is 96.3 Å². The number of hydrogen-bond donors (Lipinski definition) is 11. The smallest absolute Gasteiger partial charge is 0.463 e. The van der Waals surface area contributed by atoms with Crippen LogP contribution in [0.3, 0.4) is 0 Å². The molecule has 0 amide bonds. The van der Waals surface area contributed by atoms with Gasteiger partial charge in [-0.3, -0.25) is 23.4 Å². The van der Waals surface area contributed by atoms with Crippen LogP contribution < -0.4 is 0 Å². The number of rotatable bonds is 58. The number of ether oxygens (including phenoxy) is 7. The van der Waals surface area contributed by atoms with Crippen LogP contribution >= 0.6 is 7.82 Å². The maximum atomic E-state index is 14.3. The van der Waals surface area contributed by atoms with Crippen LogP contribution in [-0.4, -0.2) is 204 Å². The van der Waals surface area contributed by atoms with Crippen LogP contribution in [-0.2, 0) is 61.2 Å². The predicted octanol–water partition coefficient (Wildman–Crippen LogP) is 9.79. The molecule has 24 nitrogen and oxygen atoms in total. The average molecular weight is 1390 g/mol. The van der Waals surface area contributed by atoms with Crippen molar-refractivity contribution in [1.29, 1.82) is 0 Å². The Hall–Kier alpha value is -2.04. The van der Waals surface area contributed by atoms with E-state index in [1.54, 1.807) is 0 Å². The standard InChI is InChI=1S/C70H131O24P/c1-4-7-10-13-16-19-22-24-25-26-27-28-31-33-36-39-42-45-55(73)87-50-53-58(76)60(78)65(83)70(91-53)93-67-63(81)61(79)62(80)66(92-69-64(82)59(77)57(75)52(47-71)90-69)68(67)94-95(84,85)88-49-51(89-56(74)46-43-40-37-34-29-21-18-15-12-9-6-3)48-86-54(72)44-41-38-35-32-30-23-20-17-14-11-8-5-2/h51-53,57-71,75-83H,4-50H2,1-3H3,(H,84,85). The molecule has 3 aliphatic rings. The van der Waals surface area contributed by atoms with E-state index in [4.69, 9.17) is 42.2 Å². The lowest BCUT2D eigenvalue weighted by Crippen LogP contribution is -2.69. The molecule has 95 heavy (non-hydrogen) atoms. The highest BCUT2D eigenvalue weighted by atomic mass is 31.2. The maximum Gasteiger partial charge on any atom is 0.472 e. The van der Waals surface area contributed by atoms with Gasteiger partial charge in [-0.25, -0.2) is 4.57 Å². The Morgan fingerprint density at radius 2 is 0.674 bits per heavy atom. The van der Waals surface area contributed by atoms with Gasteiger partial charge in [-0.15, -0.1) is 0 Å². The van der Waals surface area contributed by atoms with E-state index in [1.165, 1.54) is 141 Å². The van der Waals surface area contributed by atoms with Gasteiger partial charge in [0.1, 0.15) is 98.7 Å². The average Bonchev–Trinajstić information content (AvgIpc) is 0.764. The van der Waals surface area contributed by atoms with Gasteiger partial charge in [-0.1, -0.05) is 258 Å². The Labute approximate surface area is 568 Å². The highest BCUT2D eigenvalue weighted by Gasteiger charge is 2.58.